The first-order valence-electron chi connectivity index (χ1n) is 6.43. The fraction of sp³-hybridized carbons (Fsp3) is 0.571. The highest BCUT2D eigenvalue weighted by atomic mass is 79.9. The van der Waals surface area contributed by atoms with Gasteiger partial charge in [-0.2, -0.15) is 0 Å². The summed E-state index contributed by atoms with van der Waals surface area (Å²) in [5.41, 5.74) is 2.75. The molecule has 2 nitrogen and oxygen atoms in total. The maximum absolute atomic E-state index is 3.71. The Morgan fingerprint density at radius 2 is 2.06 bits per heavy atom. The van der Waals surface area contributed by atoms with Crippen molar-refractivity contribution in [3.63, 3.8) is 0 Å². The summed E-state index contributed by atoms with van der Waals surface area (Å²) in [6, 6.07) is 7.26. The highest BCUT2D eigenvalue weighted by Gasteiger charge is 2.21. The second kappa shape index (κ2) is 5.98. The van der Waals surface area contributed by atoms with Crippen LogP contribution in [0, 0.1) is 6.92 Å². The van der Waals surface area contributed by atoms with E-state index in [2.05, 4.69) is 58.2 Å². The summed E-state index contributed by atoms with van der Waals surface area (Å²) < 4.78 is 1.25. The Morgan fingerprint density at radius 3 is 2.65 bits per heavy atom. The van der Waals surface area contributed by atoms with Crippen molar-refractivity contribution in [1.29, 1.82) is 0 Å². The van der Waals surface area contributed by atoms with Crippen LogP contribution in [0.3, 0.4) is 0 Å². The second-order valence-electron chi connectivity index (χ2n) is 4.73. The number of nitrogens with one attached hydrogen (secondary N) is 1. The minimum absolute atomic E-state index is 0.548. The van der Waals surface area contributed by atoms with Gasteiger partial charge in [0, 0.05) is 36.7 Å². The van der Waals surface area contributed by atoms with E-state index in [1.165, 1.54) is 22.0 Å². The van der Waals surface area contributed by atoms with Crippen molar-refractivity contribution in [1.82, 2.24) is 10.2 Å². The maximum Gasteiger partial charge on any atom is 0.0357 e. The van der Waals surface area contributed by atoms with Crippen LogP contribution in [0.4, 0.5) is 0 Å². The molecule has 1 fully saturated rings. The molecule has 17 heavy (non-hydrogen) atoms. The third-order valence-electron chi connectivity index (χ3n) is 3.49. The number of benzene rings is 1. The fourth-order valence-corrected chi connectivity index (χ4v) is 3.33. The Morgan fingerprint density at radius 1 is 1.35 bits per heavy atom. The first kappa shape index (κ1) is 13.1. The van der Waals surface area contributed by atoms with E-state index < -0.39 is 0 Å². The number of hydrogen-bond acceptors (Lipinski definition) is 2. The Balaban J connectivity index is 2.21. The van der Waals surface area contributed by atoms with E-state index in [-0.39, 0.29) is 0 Å². The molecule has 0 amide bonds. The van der Waals surface area contributed by atoms with Gasteiger partial charge in [-0.15, -0.1) is 0 Å². The van der Waals surface area contributed by atoms with Gasteiger partial charge in [-0.25, -0.2) is 0 Å². The van der Waals surface area contributed by atoms with Gasteiger partial charge in [-0.1, -0.05) is 35.0 Å². The normalized spacial score (nSPS) is 19.2. The van der Waals surface area contributed by atoms with E-state index in [0.29, 0.717) is 6.04 Å². The minimum Gasteiger partial charge on any atom is -0.314 e. The van der Waals surface area contributed by atoms with Gasteiger partial charge in [-0.05, 0) is 30.5 Å². The molecule has 0 radical (unpaired) electrons. The largest absolute Gasteiger partial charge is 0.314 e. The third-order valence-corrected chi connectivity index (χ3v) is 4.18. The molecule has 0 aromatic heterocycles. The zero-order valence-corrected chi connectivity index (χ0v) is 12.3. The minimum atomic E-state index is 0.548. The second-order valence-corrected chi connectivity index (χ2v) is 5.59. The molecular formula is C14H21BrN2. The predicted molar refractivity (Wildman–Crippen MR) is 76.4 cm³/mol. The highest BCUT2D eigenvalue weighted by Crippen LogP contribution is 2.31. The first-order chi connectivity index (χ1) is 8.22. The molecule has 1 aromatic carbocycles. The number of nitrogens with zero attached hydrogens (tertiary/aromatic N) is 1. The summed E-state index contributed by atoms with van der Waals surface area (Å²) in [4.78, 5) is 2.59. The monoisotopic (exact) mass is 296 g/mol. The molecule has 1 N–H and O–H groups in total. The molecule has 1 saturated heterocycles. The van der Waals surface area contributed by atoms with Gasteiger partial charge in [-0.3, -0.25) is 4.90 Å². The van der Waals surface area contributed by atoms with Crippen LogP contribution in [-0.2, 0) is 0 Å². The molecule has 2 rings (SSSR count). The van der Waals surface area contributed by atoms with Crippen LogP contribution in [0.1, 0.15) is 30.5 Å². The van der Waals surface area contributed by atoms with Crippen LogP contribution in [0.15, 0.2) is 22.7 Å². The van der Waals surface area contributed by atoms with Crippen molar-refractivity contribution in [2.75, 3.05) is 26.2 Å². The molecule has 1 aromatic rings. The van der Waals surface area contributed by atoms with Gasteiger partial charge in [0.1, 0.15) is 0 Å². The molecule has 1 atom stereocenters. The molecular weight excluding hydrogens is 276 g/mol. The molecule has 0 bridgehead atoms. The summed E-state index contributed by atoms with van der Waals surface area (Å²) in [6.07, 6.45) is 1.17. The Kier molecular flexibility index (Phi) is 4.60. The molecule has 0 aliphatic carbocycles. The summed E-state index contributed by atoms with van der Waals surface area (Å²) in [5, 5.41) is 3.42. The Labute approximate surface area is 113 Å². The SMILES string of the molecule is CC[C@@H](c1ccc(C)cc1Br)N1CCNCC1. The van der Waals surface area contributed by atoms with Crippen LogP contribution in [-0.4, -0.2) is 31.1 Å². The van der Waals surface area contributed by atoms with Crippen molar-refractivity contribution >= 4 is 15.9 Å². The summed E-state index contributed by atoms with van der Waals surface area (Å²) >= 11 is 3.71. The average molecular weight is 297 g/mol. The van der Waals surface area contributed by atoms with Crippen LogP contribution in [0.5, 0.6) is 0 Å². The topological polar surface area (TPSA) is 15.3 Å². The maximum atomic E-state index is 3.71. The van der Waals surface area contributed by atoms with E-state index >= 15 is 0 Å². The average Bonchev–Trinajstić information content (AvgIpc) is 2.34. The molecule has 0 unspecified atom stereocenters. The van der Waals surface area contributed by atoms with Crippen LogP contribution >= 0.6 is 15.9 Å². The molecule has 1 aliphatic heterocycles. The molecule has 0 spiro atoms. The number of rotatable bonds is 3. The predicted octanol–water partition coefficient (Wildman–Crippen LogP) is 3.11. The van der Waals surface area contributed by atoms with E-state index in [4.69, 9.17) is 0 Å². The van der Waals surface area contributed by atoms with Gasteiger partial charge in [0.25, 0.3) is 0 Å². The fourth-order valence-electron chi connectivity index (χ4n) is 2.57. The lowest BCUT2D eigenvalue weighted by atomic mass is 10.0. The molecule has 0 saturated carbocycles. The zero-order chi connectivity index (χ0) is 12.3. The van der Waals surface area contributed by atoms with E-state index in [1.54, 1.807) is 0 Å². The Hall–Kier alpha value is -0.380. The molecule has 3 heteroatoms. The molecule has 1 heterocycles. The van der Waals surface area contributed by atoms with Crippen molar-refractivity contribution in [2.24, 2.45) is 0 Å². The van der Waals surface area contributed by atoms with Gasteiger partial charge in [0.15, 0.2) is 0 Å². The lowest BCUT2D eigenvalue weighted by molar-refractivity contribution is 0.169. The number of hydrogen-bond donors (Lipinski definition) is 1. The highest BCUT2D eigenvalue weighted by molar-refractivity contribution is 9.10. The number of piperazine rings is 1. The molecule has 1 aliphatic rings. The van der Waals surface area contributed by atoms with Gasteiger partial charge in [0.05, 0.1) is 0 Å². The van der Waals surface area contributed by atoms with E-state index in [9.17, 15) is 0 Å². The zero-order valence-electron chi connectivity index (χ0n) is 10.7. The van der Waals surface area contributed by atoms with Crippen LogP contribution in [0.2, 0.25) is 0 Å². The van der Waals surface area contributed by atoms with Crippen LogP contribution < -0.4 is 5.32 Å². The van der Waals surface area contributed by atoms with E-state index in [0.717, 1.165) is 26.2 Å². The smallest absolute Gasteiger partial charge is 0.0357 e. The first-order valence-corrected chi connectivity index (χ1v) is 7.22. The van der Waals surface area contributed by atoms with Crippen molar-refractivity contribution in [3.8, 4) is 0 Å². The lowest BCUT2D eigenvalue weighted by Gasteiger charge is -2.35. The summed E-state index contributed by atoms with van der Waals surface area (Å²) in [7, 11) is 0. The summed E-state index contributed by atoms with van der Waals surface area (Å²) in [5.74, 6) is 0. The quantitative estimate of drug-likeness (QED) is 0.922. The number of halogens is 1. The van der Waals surface area contributed by atoms with Gasteiger partial charge < -0.3 is 5.32 Å². The van der Waals surface area contributed by atoms with Crippen molar-refractivity contribution < 1.29 is 0 Å². The lowest BCUT2D eigenvalue weighted by Crippen LogP contribution is -2.45. The van der Waals surface area contributed by atoms with Crippen molar-refractivity contribution in [3.05, 3.63) is 33.8 Å². The summed E-state index contributed by atoms with van der Waals surface area (Å²) in [6.45, 7) is 8.94. The van der Waals surface area contributed by atoms with E-state index in [1.807, 2.05) is 0 Å². The number of aryl methyl sites for hydroxylation is 1. The van der Waals surface area contributed by atoms with Crippen molar-refractivity contribution in [2.45, 2.75) is 26.3 Å². The Bertz CT molecular complexity index is 372. The van der Waals surface area contributed by atoms with Gasteiger partial charge in [0.2, 0.25) is 0 Å². The van der Waals surface area contributed by atoms with Gasteiger partial charge >= 0.3 is 0 Å². The van der Waals surface area contributed by atoms with Crippen LogP contribution in [0.25, 0.3) is 0 Å². The molecule has 94 valence electrons. The standard InChI is InChI=1S/C14H21BrN2/c1-3-14(17-8-6-16-7-9-17)12-5-4-11(2)10-13(12)15/h4-5,10,14,16H,3,6-9H2,1-2H3/t14-/m0/s1. The third kappa shape index (κ3) is 3.09.